The van der Waals surface area contributed by atoms with Crippen LogP contribution in [0, 0.1) is 3.57 Å². The van der Waals surface area contributed by atoms with Gasteiger partial charge in [-0.25, -0.2) is 0 Å². The molecule has 0 unspecified atom stereocenters. The number of hydrogen-bond acceptors (Lipinski definition) is 2. The van der Waals surface area contributed by atoms with Gasteiger partial charge in [0, 0.05) is 14.6 Å². The van der Waals surface area contributed by atoms with Crippen molar-refractivity contribution in [3.63, 3.8) is 0 Å². The van der Waals surface area contributed by atoms with Gasteiger partial charge in [-0.2, -0.15) is 0 Å². The number of benzene rings is 1. The molecule has 1 aromatic carbocycles. The highest BCUT2D eigenvalue weighted by molar-refractivity contribution is 14.1. The maximum Gasteiger partial charge on any atom is 0.238 e. The first-order valence-corrected chi connectivity index (χ1v) is 6.43. The number of rotatable bonds is 4. The first-order chi connectivity index (χ1) is 7.49. The zero-order valence-corrected chi connectivity index (χ0v) is 12.1. The Balaban J connectivity index is 2.56. The first-order valence-electron chi connectivity index (χ1n) is 4.97. The van der Waals surface area contributed by atoms with Crippen LogP contribution < -0.4 is 10.6 Å². The molecular weight excluding hydrogens is 338 g/mol. The summed E-state index contributed by atoms with van der Waals surface area (Å²) in [7, 11) is 0. The van der Waals surface area contributed by atoms with Crippen molar-refractivity contribution in [2.75, 3.05) is 11.9 Å². The van der Waals surface area contributed by atoms with Crippen LogP contribution in [0.25, 0.3) is 0 Å². The van der Waals surface area contributed by atoms with Gasteiger partial charge in [-0.3, -0.25) is 4.79 Å². The molecule has 1 aromatic rings. The van der Waals surface area contributed by atoms with Crippen LogP contribution >= 0.6 is 34.2 Å². The fourth-order valence-electron chi connectivity index (χ4n) is 1.08. The number of carbonyl (C=O) groups is 1. The standard InChI is InChI=1S/C11H14ClIN2O/c1-7(2)14-6-11(16)15-10-4-3-8(12)5-9(10)13/h3-5,7,14H,6H2,1-2H3,(H,15,16). The summed E-state index contributed by atoms with van der Waals surface area (Å²) >= 11 is 7.97. The Bertz CT molecular complexity index is 382. The van der Waals surface area contributed by atoms with E-state index in [4.69, 9.17) is 11.6 Å². The van der Waals surface area contributed by atoms with Gasteiger partial charge in [0.2, 0.25) is 5.91 Å². The zero-order valence-electron chi connectivity index (χ0n) is 9.18. The quantitative estimate of drug-likeness (QED) is 0.818. The van der Waals surface area contributed by atoms with Crippen molar-refractivity contribution >= 4 is 45.8 Å². The Kier molecular flexibility index (Phi) is 5.51. The van der Waals surface area contributed by atoms with Crippen LogP contribution in [0.4, 0.5) is 5.69 Å². The molecule has 0 aliphatic carbocycles. The monoisotopic (exact) mass is 352 g/mol. The lowest BCUT2D eigenvalue weighted by molar-refractivity contribution is -0.115. The molecule has 0 aromatic heterocycles. The topological polar surface area (TPSA) is 41.1 Å². The zero-order chi connectivity index (χ0) is 12.1. The average molecular weight is 353 g/mol. The fourth-order valence-corrected chi connectivity index (χ4v) is 2.09. The summed E-state index contributed by atoms with van der Waals surface area (Å²) in [6.45, 7) is 4.31. The molecule has 0 saturated carbocycles. The van der Waals surface area contributed by atoms with Crippen LogP contribution in [0.15, 0.2) is 18.2 Å². The van der Waals surface area contributed by atoms with Gasteiger partial charge in [0.15, 0.2) is 0 Å². The minimum absolute atomic E-state index is 0.0473. The van der Waals surface area contributed by atoms with Crippen molar-refractivity contribution in [1.82, 2.24) is 5.32 Å². The Morgan fingerprint density at radius 2 is 2.19 bits per heavy atom. The van der Waals surface area contributed by atoms with Crippen LogP contribution in [0.3, 0.4) is 0 Å². The average Bonchev–Trinajstić information content (AvgIpc) is 2.19. The number of hydrogen-bond donors (Lipinski definition) is 2. The molecule has 0 aliphatic heterocycles. The van der Waals surface area contributed by atoms with Crippen LogP contribution in [-0.4, -0.2) is 18.5 Å². The van der Waals surface area contributed by atoms with Gasteiger partial charge in [0.1, 0.15) is 0 Å². The van der Waals surface area contributed by atoms with E-state index in [9.17, 15) is 4.79 Å². The normalized spacial score (nSPS) is 10.6. The number of anilines is 1. The van der Waals surface area contributed by atoms with Crippen molar-refractivity contribution in [3.8, 4) is 0 Å². The van der Waals surface area contributed by atoms with E-state index in [-0.39, 0.29) is 5.91 Å². The maximum absolute atomic E-state index is 11.5. The lowest BCUT2D eigenvalue weighted by Gasteiger charge is -2.10. The summed E-state index contributed by atoms with van der Waals surface area (Å²) in [6, 6.07) is 5.68. The molecule has 88 valence electrons. The molecule has 0 aliphatic rings. The van der Waals surface area contributed by atoms with Crippen molar-refractivity contribution in [2.24, 2.45) is 0 Å². The summed E-state index contributed by atoms with van der Waals surface area (Å²) in [5.41, 5.74) is 0.792. The lowest BCUT2D eigenvalue weighted by Crippen LogP contribution is -2.32. The van der Waals surface area contributed by atoms with E-state index in [0.717, 1.165) is 9.26 Å². The molecule has 2 N–H and O–H groups in total. The molecule has 5 heteroatoms. The van der Waals surface area contributed by atoms with E-state index in [2.05, 4.69) is 33.2 Å². The predicted molar refractivity (Wildman–Crippen MR) is 75.9 cm³/mol. The van der Waals surface area contributed by atoms with E-state index >= 15 is 0 Å². The Hall–Kier alpha value is -0.330. The van der Waals surface area contributed by atoms with Gasteiger partial charge in [-0.15, -0.1) is 0 Å². The van der Waals surface area contributed by atoms with Gasteiger partial charge >= 0.3 is 0 Å². The molecule has 0 bridgehead atoms. The van der Waals surface area contributed by atoms with Crippen molar-refractivity contribution in [3.05, 3.63) is 26.8 Å². The highest BCUT2D eigenvalue weighted by Gasteiger charge is 2.06. The van der Waals surface area contributed by atoms with Crippen molar-refractivity contribution < 1.29 is 4.79 Å². The first kappa shape index (κ1) is 13.7. The van der Waals surface area contributed by atoms with Gasteiger partial charge in [0.25, 0.3) is 0 Å². The fraction of sp³-hybridized carbons (Fsp3) is 0.364. The van der Waals surface area contributed by atoms with Gasteiger partial charge in [-0.05, 0) is 40.8 Å². The predicted octanol–water partition coefficient (Wildman–Crippen LogP) is 2.88. The van der Waals surface area contributed by atoms with E-state index in [1.165, 1.54) is 0 Å². The van der Waals surface area contributed by atoms with E-state index < -0.39 is 0 Å². The highest BCUT2D eigenvalue weighted by Crippen LogP contribution is 2.21. The molecule has 0 radical (unpaired) electrons. The molecule has 1 rings (SSSR count). The Labute approximate surface area is 114 Å². The molecule has 0 spiro atoms. The lowest BCUT2D eigenvalue weighted by atomic mass is 10.3. The molecule has 0 atom stereocenters. The summed E-state index contributed by atoms with van der Waals surface area (Å²) in [6.07, 6.45) is 0. The minimum atomic E-state index is -0.0473. The summed E-state index contributed by atoms with van der Waals surface area (Å²) in [4.78, 5) is 11.5. The molecule has 1 amide bonds. The SMILES string of the molecule is CC(C)NCC(=O)Nc1ccc(Cl)cc1I. The molecule has 0 fully saturated rings. The van der Waals surface area contributed by atoms with Crippen molar-refractivity contribution in [2.45, 2.75) is 19.9 Å². The van der Waals surface area contributed by atoms with Crippen LogP contribution in [0.1, 0.15) is 13.8 Å². The van der Waals surface area contributed by atoms with Crippen molar-refractivity contribution in [1.29, 1.82) is 0 Å². The molecule has 3 nitrogen and oxygen atoms in total. The number of carbonyl (C=O) groups excluding carboxylic acids is 1. The maximum atomic E-state index is 11.5. The summed E-state index contributed by atoms with van der Waals surface area (Å²) in [5.74, 6) is -0.0473. The van der Waals surface area contributed by atoms with Gasteiger partial charge in [0.05, 0.1) is 12.2 Å². The smallest absolute Gasteiger partial charge is 0.238 e. The van der Waals surface area contributed by atoms with E-state index in [1.807, 2.05) is 19.9 Å². The van der Waals surface area contributed by atoms with E-state index in [0.29, 0.717) is 17.6 Å². The number of amides is 1. The van der Waals surface area contributed by atoms with Crippen LogP contribution in [0.2, 0.25) is 5.02 Å². The third-order valence-electron chi connectivity index (χ3n) is 1.88. The Morgan fingerprint density at radius 3 is 2.75 bits per heavy atom. The van der Waals surface area contributed by atoms with Gasteiger partial charge in [-0.1, -0.05) is 25.4 Å². The van der Waals surface area contributed by atoms with Gasteiger partial charge < -0.3 is 10.6 Å². The Morgan fingerprint density at radius 1 is 1.50 bits per heavy atom. The molecule has 0 heterocycles. The summed E-state index contributed by atoms with van der Waals surface area (Å²) in [5, 5.41) is 6.55. The van der Waals surface area contributed by atoms with E-state index in [1.54, 1.807) is 12.1 Å². The second kappa shape index (κ2) is 6.42. The molecule has 16 heavy (non-hydrogen) atoms. The number of nitrogens with one attached hydrogen (secondary N) is 2. The third-order valence-corrected chi connectivity index (χ3v) is 3.00. The number of halogens is 2. The largest absolute Gasteiger partial charge is 0.324 e. The minimum Gasteiger partial charge on any atom is -0.324 e. The third kappa shape index (κ3) is 4.67. The molecular formula is C11H14ClIN2O. The second-order valence-corrected chi connectivity index (χ2v) is 5.31. The highest BCUT2D eigenvalue weighted by atomic mass is 127. The molecule has 0 saturated heterocycles. The van der Waals surface area contributed by atoms with Crippen LogP contribution in [-0.2, 0) is 4.79 Å². The second-order valence-electron chi connectivity index (χ2n) is 3.71. The van der Waals surface area contributed by atoms with Crippen LogP contribution in [0.5, 0.6) is 0 Å². The summed E-state index contributed by atoms with van der Waals surface area (Å²) < 4.78 is 0.933.